The Morgan fingerprint density at radius 2 is 1.15 bits per heavy atom. The van der Waals surface area contributed by atoms with Gasteiger partial charge in [0.05, 0.1) is 27.8 Å². The van der Waals surface area contributed by atoms with Crippen molar-refractivity contribution in [2.45, 2.75) is 26.2 Å². The molecule has 0 amide bonds. The van der Waals surface area contributed by atoms with E-state index in [1.807, 2.05) is 29.3 Å². The summed E-state index contributed by atoms with van der Waals surface area (Å²) in [7, 11) is 0. The van der Waals surface area contributed by atoms with Gasteiger partial charge in [-0.1, -0.05) is 69.3 Å². The summed E-state index contributed by atoms with van der Waals surface area (Å²) >= 11 is 0. The molecule has 8 aromatic rings. The monoisotopic (exact) mass is 531 g/mol. The van der Waals surface area contributed by atoms with E-state index in [1.54, 1.807) is 0 Å². The molecule has 0 aliphatic carbocycles. The Balaban J connectivity index is 1.44. The number of para-hydroxylation sites is 2. The fourth-order valence-corrected chi connectivity index (χ4v) is 6.15. The lowest BCUT2D eigenvalue weighted by atomic mass is 9.88. The van der Waals surface area contributed by atoms with Crippen molar-refractivity contribution in [2.24, 2.45) is 0 Å². The van der Waals surface area contributed by atoms with Gasteiger partial charge in [0.1, 0.15) is 5.82 Å². The number of pyridine rings is 1. The summed E-state index contributed by atoms with van der Waals surface area (Å²) in [6.07, 6.45) is 5.73. The Morgan fingerprint density at radius 3 is 1.83 bits per heavy atom. The van der Waals surface area contributed by atoms with Crippen LogP contribution in [-0.4, -0.2) is 23.9 Å². The van der Waals surface area contributed by atoms with Crippen LogP contribution in [0, 0.1) is 0 Å². The SMILES string of the molecule is CC(C)(C)c1ccnc(-n2c3ccccc3c3ccc(-n4c5ccccc5c5ccc(-n6cccn6)cc54)cc32)c1. The summed E-state index contributed by atoms with van der Waals surface area (Å²) < 4.78 is 6.60. The molecule has 198 valence electrons. The van der Waals surface area contributed by atoms with Gasteiger partial charge in [-0.05, 0) is 65.6 Å². The summed E-state index contributed by atoms with van der Waals surface area (Å²) in [6, 6.07) is 37.0. The van der Waals surface area contributed by atoms with Crippen LogP contribution < -0.4 is 0 Å². The predicted octanol–water partition coefficient (Wildman–Crippen LogP) is 8.76. The second-order valence-corrected chi connectivity index (χ2v) is 11.7. The molecule has 4 aromatic heterocycles. The minimum absolute atomic E-state index is 0.0247. The molecule has 0 atom stereocenters. The topological polar surface area (TPSA) is 40.6 Å². The average Bonchev–Trinajstić information content (AvgIpc) is 3.71. The molecule has 0 spiro atoms. The van der Waals surface area contributed by atoms with Crippen molar-refractivity contribution in [3.63, 3.8) is 0 Å². The largest absolute Gasteiger partial charge is 0.309 e. The standard InChI is InChI=1S/C36H29N5/c1-36(2,3)24-17-19-37-35(21-24)41-32-12-7-5-10-28(32)30-16-14-26(23-34(30)41)40-31-11-6-4-9-27(31)29-15-13-25(22-33(29)40)39-20-8-18-38-39/h4-23H,1-3H3. The van der Waals surface area contributed by atoms with Gasteiger partial charge in [0.15, 0.2) is 0 Å². The van der Waals surface area contributed by atoms with Crippen molar-refractivity contribution in [3.8, 4) is 17.2 Å². The zero-order chi connectivity index (χ0) is 27.7. The van der Waals surface area contributed by atoms with Gasteiger partial charge in [-0.15, -0.1) is 0 Å². The van der Waals surface area contributed by atoms with Gasteiger partial charge in [-0.25, -0.2) is 9.67 Å². The van der Waals surface area contributed by atoms with Crippen LogP contribution in [0.2, 0.25) is 0 Å². The third kappa shape index (κ3) is 3.62. The predicted molar refractivity (Wildman–Crippen MR) is 169 cm³/mol. The van der Waals surface area contributed by atoms with E-state index in [1.165, 1.54) is 32.6 Å². The smallest absolute Gasteiger partial charge is 0.137 e. The van der Waals surface area contributed by atoms with Crippen molar-refractivity contribution in [3.05, 3.63) is 127 Å². The van der Waals surface area contributed by atoms with Gasteiger partial charge in [-0.3, -0.25) is 4.57 Å². The maximum absolute atomic E-state index is 4.87. The minimum atomic E-state index is 0.0247. The van der Waals surface area contributed by atoms with Crippen molar-refractivity contribution in [2.75, 3.05) is 0 Å². The van der Waals surface area contributed by atoms with E-state index >= 15 is 0 Å². The zero-order valence-corrected chi connectivity index (χ0v) is 23.3. The molecule has 41 heavy (non-hydrogen) atoms. The Hall–Kier alpha value is -5.16. The van der Waals surface area contributed by atoms with Gasteiger partial charge < -0.3 is 4.57 Å². The molecular formula is C36H29N5. The molecule has 0 saturated heterocycles. The molecule has 0 bridgehead atoms. The maximum atomic E-state index is 4.87. The highest BCUT2D eigenvalue weighted by Crippen LogP contribution is 2.37. The molecule has 0 fully saturated rings. The second kappa shape index (κ2) is 8.67. The van der Waals surface area contributed by atoms with Crippen LogP contribution in [0.1, 0.15) is 26.3 Å². The summed E-state index contributed by atoms with van der Waals surface area (Å²) in [5.41, 5.74) is 8.04. The van der Waals surface area contributed by atoms with E-state index < -0.39 is 0 Å². The van der Waals surface area contributed by atoms with Crippen molar-refractivity contribution < 1.29 is 0 Å². The average molecular weight is 532 g/mol. The molecule has 5 nitrogen and oxygen atoms in total. The summed E-state index contributed by atoms with van der Waals surface area (Å²) in [6.45, 7) is 6.74. The number of nitrogens with zero attached hydrogens (tertiary/aromatic N) is 5. The molecule has 0 aliphatic heterocycles. The van der Waals surface area contributed by atoms with E-state index in [0.717, 1.165) is 33.7 Å². The highest BCUT2D eigenvalue weighted by Gasteiger charge is 2.19. The number of hydrogen-bond acceptors (Lipinski definition) is 2. The van der Waals surface area contributed by atoms with Crippen molar-refractivity contribution >= 4 is 43.6 Å². The Labute approximate surface area is 237 Å². The molecule has 0 N–H and O–H groups in total. The molecule has 4 aromatic carbocycles. The molecule has 8 rings (SSSR count). The highest BCUT2D eigenvalue weighted by molar-refractivity contribution is 6.12. The van der Waals surface area contributed by atoms with Gasteiger partial charge in [0.25, 0.3) is 0 Å². The van der Waals surface area contributed by atoms with Crippen LogP contribution in [0.3, 0.4) is 0 Å². The Bertz CT molecular complexity index is 2240. The molecule has 0 saturated carbocycles. The molecule has 5 heteroatoms. The number of hydrogen-bond donors (Lipinski definition) is 0. The van der Waals surface area contributed by atoms with Gasteiger partial charge >= 0.3 is 0 Å². The first kappa shape index (κ1) is 23.7. The lowest BCUT2D eigenvalue weighted by Gasteiger charge is -2.20. The number of fused-ring (bicyclic) bond motifs is 6. The van der Waals surface area contributed by atoms with Gasteiger partial charge in [0.2, 0.25) is 0 Å². The fourth-order valence-electron chi connectivity index (χ4n) is 6.15. The van der Waals surface area contributed by atoms with Crippen LogP contribution in [0.4, 0.5) is 0 Å². The second-order valence-electron chi connectivity index (χ2n) is 11.7. The van der Waals surface area contributed by atoms with Gasteiger partial charge in [0, 0.05) is 45.8 Å². The van der Waals surface area contributed by atoms with E-state index in [-0.39, 0.29) is 5.41 Å². The molecule has 0 aliphatic rings. The van der Waals surface area contributed by atoms with E-state index in [9.17, 15) is 0 Å². The summed E-state index contributed by atoms with van der Waals surface area (Å²) in [5, 5.41) is 9.37. The van der Waals surface area contributed by atoms with Gasteiger partial charge in [-0.2, -0.15) is 5.10 Å². The third-order valence-corrected chi connectivity index (χ3v) is 8.18. The quantitative estimate of drug-likeness (QED) is 0.229. The first-order valence-corrected chi connectivity index (χ1v) is 14.0. The van der Waals surface area contributed by atoms with E-state index in [4.69, 9.17) is 4.98 Å². The number of aromatic nitrogens is 5. The van der Waals surface area contributed by atoms with Crippen LogP contribution >= 0.6 is 0 Å². The van der Waals surface area contributed by atoms with Crippen LogP contribution in [0.15, 0.2) is 122 Å². The highest BCUT2D eigenvalue weighted by atomic mass is 15.3. The minimum Gasteiger partial charge on any atom is -0.309 e. The lowest BCUT2D eigenvalue weighted by Crippen LogP contribution is -2.12. The van der Waals surface area contributed by atoms with E-state index in [2.05, 4.69) is 132 Å². The molecular weight excluding hydrogens is 502 g/mol. The first-order chi connectivity index (χ1) is 20.0. The lowest BCUT2D eigenvalue weighted by molar-refractivity contribution is 0.588. The number of benzene rings is 4. The maximum Gasteiger partial charge on any atom is 0.137 e. The molecule has 4 heterocycles. The van der Waals surface area contributed by atoms with Crippen molar-refractivity contribution in [1.29, 1.82) is 0 Å². The van der Waals surface area contributed by atoms with Crippen LogP contribution in [-0.2, 0) is 5.41 Å². The molecule has 0 radical (unpaired) electrons. The Morgan fingerprint density at radius 1 is 0.537 bits per heavy atom. The van der Waals surface area contributed by atoms with E-state index in [0.29, 0.717) is 0 Å². The number of rotatable bonds is 3. The van der Waals surface area contributed by atoms with Crippen LogP contribution in [0.5, 0.6) is 0 Å². The molecule has 0 unspecified atom stereocenters. The van der Waals surface area contributed by atoms with Crippen molar-refractivity contribution in [1.82, 2.24) is 23.9 Å². The fraction of sp³-hybridized carbons (Fsp3) is 0.111. The summed E-state index contributed by atoms with van der Waals surface area (Å²) in [4.78, 5) is 4.87. The Kier molecular flexibility index (Phi) is 5.01. The zero-order valence-electron chi connectivity index (χ0n) is 23.3. The summed E-state index contributed by atoms with van der Waals surface area (Å²) in [5.74, 6) is 0.934. The third-order valence-electron chi connectivity index (χ3n) is 8.18. The first-order valence-electron chi connectivity index (χ1n) is 14.0. The normalized spacial score (nSPS) is 12.3. The van der Waals surface area contributed by atoms with Crippen LogP contribution in [0.25, 0.3) is 60.8 Å².